The Hall–Kier alpha value is -0.810. The molecule has 0 aliphatic heterocycles. The molecule has 0 saturated carbocycles. The van der Waals surface area contributed by atoms with E-state index >= 15 is 0 Å². The van der Waals surface area contributed by atoms with Gasteiger partial charge in [-0.05, 0) is 48.8 Å². The number of carbonyl (C=O) groups is 1. The standard InChI is InChI=1S/C11H16BrNO3/c1-4-15-11(2,3)7-13-10(14)8-5-6-9(12)16-8/h5-6H,4,7H2,1-3H3,(H,13,14). The summed E-state index contributed by atoms with van der Waals surface area (Å²) in [5.74, 6) is 0.0534. The lowest BCUT2D eigenvalue weighted by Gasteiger charge is -2.24. The maximum Gasteiger partial charge on any atom is 0.287 e. The maximum atomic E-state index is 11.6. The number of carbonyl (C=O) groups excluding carboxylic acids is 1. The summed E-state index contributed by atoms with van der Waals surface area (Å²) in [6.45, 7) is 6.84. The van der Waals surface area contributed by atoms with Crippen LogP contribution in [-0.2, 0) is 4.74 Å². The third kappa shape index (κ3) is 3.98. The molecule has 0 saturated heterocycles. The first-order valence-electron chi connectivity index (χ1n) is 5.12. The molecule has 0 aliphatic rings. The van der Waals surface area contributed by atoms with E-state index in [1.807, 2.05) is 20.8 Å². The molecule has 0 aliphatic carbocycles. The first-order valence-corrected chi connectivity index (χ1v) is 5.91. The average molecular weight is 290 g/mol. The van der Waals surface area contributed by atoms with Gasteiger partial charge in [0, 0.05) is 13.2 Å². The third-order valence-electron chi connectivity index (χ3n) is 2.01. The molecule has 1 aromatic rings. The predicted molar refractivity (Wildman–Crippen MR) is 64.4 cm³/mol. The Morgan fingerprint density at radius 3 is 2.75 bits per heavy atom. The fourth-order valence-corrected chi connectivity index (χ4v) is 1.56. The zero-order valence-electron chi connectivity index (χ0n) is 9.67. The van der Waals surface area contributed by atoms with Crippen LogP contribution in [0.3, 0.4) is 0 Å². The summed E-state index contributed by atoms with van der Waals surface area (Å²) in [4.78, 5) is 11.6. The molecule has 0 fully saturated rings. The monoisotopic (exact) mass is 289 g/mol. The molecule has 1 amide bonds. The number of ether oxygens (including phenoxy) is 1. The fraction of sp³-hybridized carbons (Fsp3) is 0.545. The largest absolute Gasteiger partial charge is 0.444 e. The van der Waals surface area contributed by atoms with E-state index in [1.54, 1.807) is 12.1 Å². The minimum absolute atomic E-state index is 0.238. The second kappa shape index (κ2) is 5.50. The minimum Gasteiger partial charge on any atom is -0.444 e. The number of furan rings is 1. The highest BCUT2D eigenvalue weighted by Gasteiger charge is 2.20. The lowest BCUT2D eigenvalue weighted by Crippen LogP contribution is -2.40. The van der Waals surface area contributed by atoms with Crippen LogP contribution in [0.5, 0.6) is 0 Å². The van der Waals surface area contributed by atoms with Crippen LogP contribution in [0.1, 0.15) is 31.3 Å². The van der Waals surface area contributed by atoms with E-state index in [0.717, 1.165) is 0 Å². The molecule has 0 aromatic carbocycles. The van der Waals surface area contributed by atoms with Crippen molar-refractivity contribution in [3.8, 4) is 0 Å². The molecule has 0 unspecified atom stereocenters. The molecule has 16 heavy (non-hydrogen) atoms. The van der Waals surface area contributed by atoms with Gasteiger partial charge in [0.1, 0.15) is 0 Å². The van der Waals surface area contributed by atoms with Gasteiger partial charge in [0.15, 0.2) is 10.4 Å². The molecule has 1 aromatic heterocycles. The van der Waals surface area contributed by atoms with Crippen molar-refractivity contribution in [3.63, 3.8) is 0 Å². The first-order chi connectivity index (χ1) is 7.44. The van der Waals surface area contributed by atoms with E-state index in [-0.39, 0.29) is 11.5 Å². The Bertz CT molecular complexity index is 360. The molecular formula is C11H16BrNO3. The van der Waals surface area contributed by atoms with Crippen molar-refractivity contribution in [1.82, 2.24) is 5.32 Å². The number of nitrogens with one attached hydrogen (secondary N) is 1. The second-order valence-electron chi connectivity index (χ2n) is 3.98. The van der Waals surface area contributed by atoms with Crippen LogP contribution in [0.2, 0.25) is 0 Å². The lowest BCUT2D eigenvalue weighted by molar-refractivity contribution is -0.00831. The van der Waals surface area contributed by atoms with Gasteiger partial charge in [0.2, 0.25) is 0 Å². The highest BCUT2D eigenvalue weighted by Crippen LogP contribution is 2.14. The second-order valence-corrected chi connectivity index (χ2v) is 4.76. The summed E-state index contributed by atoms with van der Waals surface area (Å²) in [5, 5.41) is 2.76. The summed E-state index contributed by atoms with van der Waals surface area (Å²) in [7, 11) is 0. The summed E-state index contributed by atoms with van der Waals surface area (Å²) < 4.78 is 11.1. The van der Waals surface area contributed by atoms with Gasteiger partial charge >= 0.3 is 0 Å². The molecule has 90 valence electrons. The quantitative estimate of drug-likeness (QED) is 0.906. The van der Waals surface area contributed by atoms with Gasteiger partial charge in [-0.15, -0.1) is 0 Å². The Kier molecular flexibility index (Phi) is 4.56. The predicted octanol–water partition coefficient (Wildman–Crippen LogP) is 2.59. The van der Waals surface area contributed by atoms with Crippen LogP contribution in [0, 0.1) is 0 Å². The van der Waals surface area contributed by atoms with Crippen LogP contribution >= 0.6 is 15.9 Å². The van der Waals surface area contributed by atoms with Crippen molar-refractivity contribution in [2.75, 3.05) is 13.2 Å². The van der Waals surface area contributed by atoms with Gasteiger partial charge in [0.05, 0.1) is 5.60 Å². The zero-order chi connectivity index (χ0) is 12.2. The molecule has 4 nitrogen and oxygen atoms in total. The number of halogens is 1. The van der Waals surface area contributed by atoms with Crippen LogP contribution in [-0.4, -0.2) is 24.7 Å². The lowest BCUT2D eigenvalue weighted by atomic mass is 10.1. The molecule has 0 spiro atoms. The molecule has 0 bridgehead atoms. The van der Waals surface area contributed by atoms with E-state index < -0.39 is 0 Å². The highest BCUT2D eigenvalue weighted by molar-refractivity contribution is 9.10. The van der Waals surface area contributed by atoms with Gasteiger partial charge in [-0.2, -0.15) is 0 Å². The summed E-state index contributed by atoms with van der Waals surface area (Å²) >= 11 is 3.14. The maximum absolute atomic E-state index is 11.6. The Labute approximate surface area is 103 Å². The van der Waals surface area contributed by atoms with Crippen molar-refractivity contribution in [2.24, 2.45) is 0 Å². The van der Waals surface area contributed by atoms with Crippen LogP contribution in [0.25, 0.3) is 0 Å². The summed E-state index contributed by atoms with van der Waals surface area (Å²) in [5.41, 5.74) is -0.367. The normalized spacial score (nSPS) is 11.5. The van der Waals surface area contributed by atoms with E-state index in [4.69, 9.17) is 9.15 Å². The number of rotatable bonds is 5. The van der Waals surface area contributed by atoms with Crippen molar-refractivity contribution < 1.29 is 13.9 Å². The molecule has 0 atom stereocenters. The van der Waals surface area contributed by atoms with Gasteiger partial charge in [0.25, 0.3) is 5.91 Å². The van der Waals surface area contributed by atoms with Gasteiger partial charge < -0.3 is 14.5 Å². The summed E-state index contributed by atoms with van der Waals surface area (Å²) in [6.07, 6.45) is 0. The SMILES string of the molecule is CCOC(C)(C)CNC(=O)c1ccc(Br)o1. The van der Waals surface area contributed by atoms with E-state index in [1.165, 1.54) is 0 Å². The molecule has 1 rings (SSSR count). The van der Waals surface area contributed by atoms with Crippen molar-refractivity contribution >= 4 is 21.8 Å². The molecular weight excluding hydrogens is 274 g/mol. The zero-order valence-corrected chi connectivity index (χ0v) is 11.3. The highest BCUT2D eigenvalue weighted by atomic mass is 79.9. The smallest absolute Gasteiger partial charge is 0.287 e. The van der Waals surface area contributed by atoms with Gasteiger partial charge in [-0.25, -0.2) is 0 Å². The van der Waals surface area contributed by atoms with Crippen LogP contribution < -0.4 is 5.32 Å². The Morgan fingerprint density at radius 1 is 1.56 bits per heavy atom. The number of hydrogen-bond acceptors (Lipinski definition) is 3. The topological polar surface area (TPSA) is 51.5 Å². The van der Waals surface area contributed by atoms with Crippen molar-refractivity contribution in [1.29, 1.82) is 0 Å². The fourth-order valence-electron chi connectivity index (χ4n) is 1.26. The summed E-state index contributed by atoms with van der Waals surface area (Å²) in [6, 6.07) is 3.30. The van der Waals surface area contributed by atoms with E-state index in [2.05, 4.69) is 21.2 Å². The van der Waals surface area contributed by atoms with E-state index in [9.17, 15) is 4.79 Å². The molecule has 0 radical (unpaired) electrons. The van der Waals surface area contributed by atoms with Gasteiger partial charge in [-0.1, -0.05) is 0 Å². The van der Waals surface area contributed by atoms with Crippen molar-refractivity contribution in [3.05, 3.63) is 22.6 Å². The van der Waals surface area contributed by atoms with Crippen molar-refractivity contribution in [2.45, 2.75) is 26.4 Å². The number of hydrogen-bond donors (Lipinski definition) is 1. The Morgan fingerprint density at radius 2 is 2.25 bits per heavy atom. The van der Waals surface area contributed by atoms with Crippen LogP contribution in [0.4, 0.5) is 0 Å². The Balaban J connectivity index is 2.47. The third-order valence-corrected chi connectivity index (χ3v) is 2.43. The molecule has 1 N–H and O–H groups in total. The first kappa shape index (κ1) is 13.3. The molecule has 5 heteroatoms. The van der Waals surface area contributed by atoms with E-state index in [0.29, 0.717) is 23.6 Å². The van der Waals surface area contributed by atoms with Gasteiger partial charge in [-0.3, -0.25) is 4.79 Å². The number of amides is 1. The minimum atomic E-state index is -0.367. The average Bonchev–Trinajstić information content (AvgIpc) is 2.61. The molecule has 1 heterocycles. The van der Waals surface area contributed by atoms with Crippen LogP contribution in [0.15, 0.2) is 21.2 Å².